The molecule has 5 aromatic rings. The van der Waals surface area contributed by atoms with Gasteiger partial charge in [-0.2, -0.15) is 10.1 Å². The highest BCUT2D eigenvalue weighted by atomic mass is 127. The Morgan fingerprint density at radius 1 is 1.02 bits per heavy atom. The first-order valence-corrected chi connectivity index (χ1v) is 15.7. The van der Waals surface area contributed by atoms with Crippen LogP contribution in [0.2, 0.25) is 0 Å². The van der Waals surface area contributed by atoms with Crippen LogP contribution in [0.4, 0.5) is 8.78 Å². The minimum absolute atomic E-state index is 0.00884. The highest BCUT2D eigenvalue weighted by molar-refractivity contribution is 14.1. The number of primary amides is 1. The topological polar surface area (TPSA) is 116 Å². The first kappa shape index (κ1) is 30.6. The Kier molecular flexibility index (Phi) is 8.06. The molecule has 230 valence electrons. The van der Waals surface area contributed by atoms with Gasteiger partial charge in [0.25, 0.3) is 5.56 Å². The molecule has 2 aromatic heterocycles. The molecule has 3 aromatic carbocycles. The lowest BCUT2D eigenvalue weighted by Gasteiger charge is -2.20. The second-order valence-electron chi connectivity index (χ2n) is 11.1. The first-order valence-electron chi connectivity index (χ1n) is 14.6. The van der Waals surface area contributed by atoms with Gasteiger partial charge in [-0.25, -0.2) is 8.78 Å². The highest BCUT2D eigenvalue weighted by Gasteiger charge is 2.42. The molecule has 6 rings (SSSR count). The number of carbonyl (C=O) groups excluding carboxylic acids is 1. The fraction of sp³-hybridized carbons (Fsp3) is 0.235. The fourth-order valence-electron chi connectivity index (χ4n) is 5.63. The molecule has 0 unspecified atom stereocenters. The van der Waals surface area contributed by atoms with Crippen molar-refractivity contribution < 1.29 is 18.7 Å². The van der Waals surface area contributed by atoms with Gasteiger partial charge in [0.1, 0.15) is 20.9 Å². The molecule has 1 fully saturated rings. The van der Waals surface area contributed by atoms with Crippen molar-refractivity contribution in [1.82, 2.24) is 19.3 Å². The molecule has 45 heavy (non-hydrogen) atoms. The lowest BCUT2D eigenvalue weighted by atomic mass is 9.96. The Morgan fingerprint density at radius 2 is 1.71 bits per heavy atom. The van der Waals surface area contributed by atoms with Gasteiger partial charge in [0.05, 0.1) is 11.3 Å². The number of nitrogens with two attached hydrogens (primary N) is 1. The van der Waals surface area contributed by atoms with Crippen molar-refractivity contribution in [3.8, 4) is 34.2 Å². The van der Waals surface area contributed by atoms with E-state index in [0.29, 0.717) is 29.8 Å². The molecule has 11 heteroatoms. The van der Waals surface area contributed by atoms with Gasteiger partial charge in [-0.3, -0.25) is 18.8 Å². The van der Waals surface area contributed by atoms with Crippen molar-refractivity contribution in [2.45, 2.75) is 49.5 Å². The molecule has 3 N–H and O–H groups in total. The number of amides is 1. The van der Waals surface area contributed by atoms with Crippen molar-refractivity contribution in [2.75, 3.05) is 0 Å². The normalized spacial score (nSPS) is 13.6. The number of carbonyl (C=O) groups is 1. The van der Waals surface area contributed by atoms with Crippen LogP contribution < -0.4 is 11.3 Å². The summed E-state index contributed by atoms with van der Waals surface area (Å²) in [4.78, 5) is 30.9. The maximum absolute atomic E-state index is 15.5. The van der Waals surface area contributed by atoms with E-state index in [-0.39, 0.29) is 38.0 Å². The number of hydrogen-bond acceptors (Lipinski definition) is 5. The summed E-state index contributed by atoms with van der Waals surface area (Å²) in [5.74, 6) is -2.51. The molecule has 0 aliphatic heterocycles. The van der Waals surface area contributed by atoms with E-state index in [9.17, 15) is 19.1 Å². The van der Waals surface area contributed by atoms with Gasteiger partial charge in [0.2, 0.25) is 11.8 Å². The van der Waals surface area contributed by atoms with Crippen LogP contribution in [0.1, 0.15) is 59.3 Å². The maximum Gasteiger partial charge on any atom is 0.265 e. The SMILES string of the molecule is CCc1cccc(CC)c1-n1c(-c2ccn(C3(I)CC3)n2)nc(O)c(Cc2ccc(-c3ccc(F)cc3C(N)=O)c(F)c2)c1=O. The summed E-state index contributed by atoms with van der Waals surface area (Å²) in [6, 6.07) is 15.3. The predicted octanol–water partition coefficient (Wildman–Crippen LogP) is 6.44. The van der Waals surface area contributed by atoms with Gasteiger partial charge in [-0.15, -0.1) is 0 Å². The molecule has 0 spiro atoms. The minimum atomic E-state index is -0.890. The minimum Gasteiger partial charge on any atom is -0.493 e. The van der Waals surface area contributed by atoms with Crippen molar-refractivity contribution >= 4 is 28.5 Å². The molecule has 1 saturated carbocycles. The van der Waals surface area contributed by atoms with Crippen LogP contribution in [0.3, 0.4) is 0 Å². The quantitative estimate of drug-likeness (QED) is 0.134. The summed E-state index contributed by atoms with van der Waals surface area (Å²) in [5, 5.41) is 15.9. The lowest BCUT2D eigenvalue weighted by molar-refractivity contribution is 0.100. The first-order chi connectivity index (χ1) is 21.5. The zero-order chi connectivity index (χ0) is 32.0. The number of hydrogen-bond donors (Lipinski definition) is 2. The van der Waals surface area contributed by atoms with E-state index in [2.05, 4.69) is 27.6 Å². The lowest BCUT2D eigenvalue weighted by Crippen LogP contribution is -2.27. The van der Waals surface area contributed by atoms with E-state index in [0.717, 1.165) is 36.1 Å². The summed E-state index contributed by atoms with van der Waals surface area (Å²) in [7, 11) is 0. The number of benzene rings is 3. The Morgan fingerprint density at radius 3 is 2.33 bits per heavy atom. The van der Waals surface area contributed by atoms with Gasteiger partial charge in [0, 0.05) is 23.7 Å². The molecule has 1 aliphatic carbocycles. The van der Waals surface area contributed by atoms with Gasteiger partial charge in [-0.05, 0) is 72.2 Å². The number of alkyl halides is 1. The second kappa shape index (κ2) is 11.8. The third kappa shape index (κ3) is 5.65. The average molecular weight is 722 g/mol. The van der Waals surface area contributed by atoms with Gasteiger partial charge < -0.3 is 10.8 Å². The molecule has 0 atom stereocenters. The second-order valence-corrected chi connectivity index (χ2v) is 13.1. The van der Waals surface area contributed by atoms with Crippen LogP contribution >= 0.6 is 22.6 Å². The zero-order valence-corrected chi connectivity index (χ0v) is 26.8. The molecular weight excluding hydrogens is 691 g/mol. The number of rotatable bonds is 9. The number of nitrogens with zero attached hydrogens (tertiary/aromatic N) is 4. The third-order valence-corrected chi connectivity index (χ3v) is 9.76. The summed E-state index contributed by atoms with van der Waals surface area (Å²) in [5.41, 5.74) is 8.35. The van der Waals surface area contributed by atoms with E-state index in [1.807, 2.05) is 42.9 Å². The van der Waals surface area contributed by atoms with E-state index in [1.165, 1.54) is 22.8 Å². The van der Waals surface area contributed by atoms with Crippen LogP contribution in [0.15, 0.2) is 71.7 Å². The molecule has 0 saturated heterocycles. The Bertz CT molecular complexity index is 2010. The maximum atomic E-state index is 15.5. The number of para-hydroxylation sites is 1. The largest absolute Gasteiger partial charge is 0.493 e. The molecule has 8 nitrogen and oxygen atoms in total. The van der Waals surface area contributed by atoms with Gasteiger partial charge >= 0.3 is 0 Å². The monoisotopic (exact) mass is 721 g/mol. The fourth-order valence-corrected chi connectivity index (χ4v) is 6.16. The molecular formula is C34H30F2IN5O3. The number of aromatic nitrogens is 4. The zero-order valence-electron chi connectivity index (χ0n) is 24.7. The molecule has 1 aliphatic rings. The Labute approximate surface area is 271 Å². The van der Waals surface area contributed by atoms with Crippen molar-refractivity contribution in [3.63, 3.8) is 0 Å². The van der Waals surface area contributed by atoms with Crippen LogP contribution in [0.5, 0.6) is 5.88 Å². The summed E-state index contributed by atoms with van der Waals surface area (Å²) in [6.45, 7) is 4.02. The molecule has 0 bridgehead atoms. The van der Waals surface area contributed by atoms with Crippen LogP contribution in [0, 0.1) is 11.6 Å². The van der Waals surface area contributed by atoms with Gasteiger partial charge in [0.15, 0.2) is 5.82 Å². The van der Waals surface area contributed by atoms with Crippen LogP contribution in [-0.2, 0) is 22.8 Å². The Hall–Kier alpha value is -4.39. The van der Waals surface area contributed by atoms with Crippen molar-refractivity contribution in [2.24, 2.45) is 5.73 Å². The number of halogens is 3. The van der Waals surface area contributed by atoms with E-state index in [4.69, 9.17) is 10.8 Å². The third-order valence-electron chi connectivity index (χ3n) is 8.19. The Balaban J connectivity index is 1.49. The smallest absolute Gasteiger partial charge is 0.265 e. The molecule has 0 radical (unpaired) electrons. The standard InChI is InChI=1S/C34H30F2IN5O3/c1-3-20-6-5-7-21(4-2)29(20)42-31(28-12-15-41(40-28)34(37)13-14-34)39-32(44)26(33(42)45)16-19-8-10-24(27(36)17-19)23-11-9-22(35)18-25(23)30(38)43/h5-12,15,17-18,44H,3-4,13-14,16H2,1-2H3,(H2,38,43). The number of aryl methyl sites for hydroxylation is 2. The van der Waals surface area contributed by atoms with Crippen molar-refractivity contribution in [1.29, 1.82) is 0 Å². The van der Waals surface area contributed by atoms with E-state index < -0.39 is 29.0 Å². The summed E-state index contributed by atoms with van der Waals surface area (Å²) >= 11 is 2.37. The molecule has 2 heterocycles. The van der Waals surface area contributed by atoms with Crippen LogP contribution in [0.25, 0.3) is 28.3 Å². The highest BCUT2D eigenvalue weighted by Crippen LogP contribution is 2.49. The summed E-state index contributed by atoms with van der Waals surface area (Å²) in [6.07, 6.45) is 5.01. The number of aromatic hydroxyl groups is 1. The summed E-state index contributed by atoms with van der Waals surface area (Å²) < 4.78 is 32.6. The predicted molar refractivity (Wildman–Crippen MR) is 176 cm³/mol. The van der Waals surface area contributed by atoms with Crippen molar-refractivity contribution in [3.05, 3.63) is 117 Å². The molecule has 1 amide bonds. The average Bonchev–Trinajstić information content (AvgIpc) is 3.57. The van der Waals surface area contributed by atoms with Crippen LogP contribution in [-0.4, -0.2) is 30.3 Å². The van der Waals surface area contributed by atoms with E-state index in [1.54, 1.807) is 12.1 Å². The van der Waals surface area contributed by atoms with Gasteiger partial charge in [-0.1, -0.05) is 72.8 Å². The van der Waals surface area contributed by atoms with E-state index >= 15 is 4.39 Å².